The van der Waals surface area contributed by atoms with Gasteiger partial charge in [0.15, 0.2) is 0 Å². The Hall–Kier alpha value is -2.15. The van der Waals surface area contributed by atoms with Crippen molar-refractivity contribution in [2.45, 2.75) is 20.5 Å². The molecular weight excluding hydrogens is 532 g/mol. The number of nitrogens with one attached hydrogen (secondary N) is 1. The minimum Gasteiger partial charge on any atom is -0.487 e. The molecule has 0 fully saturated rings. The first-order chi connectivity index (χ1) is 14.3. The molecular formula is C23H19Br2ClN2O2. The highest BCUT2D eigenvalue weighted by molar-refractivity contribution is 9.11. The highest BCUT2D eigenvalue weighted by Gasteiger charge is 2.09. The number of hydrogen-bond donors (Lipinski definition) is 1. The van der Waals surface area contributed by atoms with E-state index in [1.807, 2.05) is 50.2 Å². The normalized spacial score (nSPS) is 11.3. The van der Waals surface area contributed by atoms with Crippen LogP contribution >= 0.6 is 43.5 Å². The number of aryl methyl sites for hydroxylation is 1. The number of halogens is 3. The van der Waals surface area contributed by atoms with Gasteiger partial charge in [-0.15, -0.1) is 0 Å². The second-order valence-electron chi connectivity index (χ2n) is 6.69. The zero-order valence-corrected chi connectivity index (χ0v) is 20.3. The molecule has 0 aliphatic heterocycles. The largest absolute Gasteiger partial charge is 0.487 e. The van der Waals surface area contributed by atoms with Crippen molar-refractivity contribution in [2.75, 3.05) is 0 Å². The van der Waals surface area contributed by atoms with Gasteiger partial charge >= 0.3 is 0 Å². The molecule has 1 N–H and O–H groups in total. The van der Waals surface area contributed by atoms with Gasteiger partial charge in [0, 0.05) is 10.6 Å². The summed E-state index contributed by atoms with van der Waals surface area (Å²) in [5, 5.41) is 4.82. The van der Waals surface area contributed by atoms with Crippen LogP contribution in [-0.2, 0) is 6.61 Å². The minimum atomic E-state index is -0.278. The Morgan fingerprint density at radius 2 is 1.57 bits per heavy atom. The van der Waals surface area contributed by atoms with Gasteiger partial charge in [-0.3, -0.25) is 4.79 Å². The van der Waals surface area contributed by atoms with Crippen LogP contribution in [0.4, 0.5) is 0 Å². The van der Waals surface area contributed by atoms with E-state index in [0.717, 1.165) is 31.4 Å². The van der Waals surface area contributed by atoms with Crippen molar-refractivity contribution < 1.29 is 9.53 Å². The molecule has 0 bridgehead atoms. The molecule has 1 amide bonds. The Kier molecular flexibility index (Phi) is 7.69. The molecule has 0 spiro atoms. The Balaban J connectivity index is 1.60. The molecule has 0 saturated heterocycles. The fourth-order valence-corrected chi connectivity index (χ4v) is 4.46. The van der Waals surface area contributed by atoms with Crippen LogP contribution in [-0.4, -0.2) is 11.6 Å². The number of rotatable bonds is 6. The van der Waals surface area contributed by atoms with Gasteiger partial charge in [0.25, 0.3) is 5.91 Å². The summed E-state index contributed by atoms with van der Waals surface area (Å²) in [6, 6.07) is 18.5. The maximum Gasteiger partial charge on any atom is 0.271 e. The summed E-state index contributed by atoms with van der Waals surface area (Å²) < 4.78 is 7.70. The van der Waals surface area contributed by atoms with E-state index in [1.165, 1.54) is 0 Å². The lowest BCUT2D eigenvalue weighted by Gasteiger charge is -2.11. The molecule has 3 aromatic rings. The van der Waals surface area contributed by atoms with E-state index in [9.17, 15) is 4.79 Å². The van der Waals surface area contributed by atoms with Crippen LogP contribution in [0.5, 0.6) is 5.75 Å². The van der Waals surface area contributed by atoms with Gasteiger partial charge in [0.1, 0.15) is 12.4 Å². The van der Waals surface area contributed by atoms with Gasteiger partial charge in [-0.2, -0.15) is 5.10 Å². The van der Waals surface area contributed by atoms with Crippen LogP contribution in [0.2, 0.25) is 5.02 Å². The molecule has 3 aromatic carbocycles. The summed E-state index contributed by atoms with van der Waals surface area (Å²) in [5.74, 6) is 0.467. The van der Waals surface area contributed by atoms with Gasteiger partial charge in [-0.25, -0.2) is 5.43 Å². The Morgan fingerprint density at radius 3 is 2.17 bits per heavy atom. The predicted molar refractivity (Wildman–Crippen MR) is 128 cm³/mol. The predicted octanol–water partition coefficient (Wildman–Crippen LogP) is 6.91. The van der Waals surface area contributed by atoms with Crippen molar-refractivity contribution in [3.63, 3.8) is 0 Å². The van der Waals surface area contributed by atoms with Crippen molar-refractivity contribution in [2.24, 2.45) is 5.10 Å². The van der Waals surface area contributed by atoms with Gasteiger partial charge < -0.3 is 4.74 Å². The van der Waals surface area contributed by atoms with Crippen molar-refractivity contribution in [3.8, 4) is 5.75 Å². The molecule has 0 aliphatic rings. The van der Waals surface area contributed by atoms with Crippen molar-refractivity contribution in [1.82, 2.24) is 5.43 Å². The fraction of sp³-hybridized carbons (Fsp3) is 0.130. The monoisotopic (exact) mass is 548 g/mol. The van der Waals surface area contributed by atoms with Crippen molar-refractivity contribution in [3.05, 3.63) is 96.9 Å². The van der Waals surface area contributed by atoms with E-state index in [1.54, 1.807) is 24.3 Å². The van der Waals surface area contributed by atoms with E-state index in [-0.39, 0.29) is 5.91 Å². The molecule has 0 unspecified atom stereocenters. The summed E-state index contributed by atoms with van der Waals surface area (Å²) >= 11 is 12.9. The highest BCUT2D eigenvalue weighted by Crippen LogP contribution is 2.35. The first kappa shape index (κ1) is 22.5. The molecule has 30 heavy (non-hydrogen) atoms. The quantitative estimate of drug-likeness (QED) is 0.268. The Labute approximate surface area is 197 Å². The minimum absolute atomic E-state index is 0.278. The van der Waals surface area contributed by atoms with Crippen LogP contribution in [0.15, 0.2) is 74.7 Å². The third kappa shape index (κ3) is 5.94. The summed E-state index contributed by atoms with van der Waals surface area (Å²) in [6.45, 7) is 4.23. The van der Waals surface area contributed by atoms with Crippen molar-refractivity contribution in [1.29, 1.82) is 0 Å². The molecule has 0 aliphatic carbocycles. The number of carbonyl (C=O) groups excluding carboxylic acids is 1. The summed E-state index contributed by atoms with van der Waals surface area (Å²) in [4.78, 5) is 12.4. The first-order valence-electron chi connectivity index (χ1n) is 9.11. The number of carbonyl (C=O) groups is 1. The average molecular weight is 551 g/mol. The van der Waals surface area contributed by atoms with Gasteiger partial charge in [-0.05, 0) is 98.8 Å². The zero-order chi connectivity index (χ0) is 21.7. The number of hydrazone groups is 1. The lowest BCUT2D eigenvalue weighted by atomic mass is 10.1. The number of amides is 1. The average Bonchev–Trinajstić information content (AvgIpc) is 2.72. The van der Waals surface area contributed by atoms with E-state index < -0.39 is 0 Å². The van der Waals surface area contributed by atoms with Crippen LogP contribution in [0.25, 0.3) is 0 Å². The van der Waals surface area contributed by atoms with Crippen molar-refractivity contribution >= 4 is 55.1 Å². The molecule has 0 radical (unpaired) electrons. The third-order valence-corrected chi connectivity index (χ3v) is 5.76. The van der Waals surface area contributed by atoms with E-state index in [0.29, 0.717) is 22.9 Å². The molecule has 154 valence electrons. The molecule has 0 saturated carbocycles. The molecule has 7 heteroatoms. The second kappa shape index (κ2) is 10.2. The maximum atomic E-state index is 12.4. The van der Waals surface area contributed by atoms with Gasteiger partial charge in [0.2, 0.25) is 0 Å². The fourth-order valence-electron chi connectivity index (χ4n) is 2.69. The summed E-state index contributed by atoms with van der Waals surface area (Å²) in [6.07, 6.45) is 0. The van der Waals surface area contributed by atoms with E-state index >= 15 is 0 Å². The zero-order valence-electron chi connectivity index (χ0n) is 16.4. The standard InChI is InChI=1S/C23H19Br2ClN2O2/c1-14-11-20(24)22(21(25)12-14)30-13-16-3-5-18(6-4-16)23(29)28-27-15(2)17-7-9-19(26)10-8-17/h3-12H,13H2,1-2H3,(H,28,29)/b27-15-. The lowest BCUT2D eigenvalue weighted by molar-refractivity contribution is 0.0955. The highest BCUT2D eigenvalue weighted by atomic mass is 79.9. The lowest BCUT2D eigenvalue weighted by Crippen LogP contribution is -2.19. The third-order valence-electron chi connectivity index (χ3n) is 4.33. The first-order valence-corrected chi connectivity index (χ1v) is 11.1. The number of hydrogen-bond acceptors (Lipinski definition) is 3. The summed E-state index contributed by atoms with van der Waals surface area (Å²) in [5.41, 5.74) is 6.76. The molecule has 3 rings (SSSR count). The SMILES string of the molecule is C/C(=N/NC(=O)c1ccc(COc2c(Br)cc(C)cc2Br)cc1)c1ccc(Cl)cc1. The van der Waals surface area contributed by atoms with Crippen LogP contribution in [0.1, 0.15) is 34.0 Å². The smallest absolute Gasteiger partial charge is 0.271 e. The Morgan fingerprint density at radius 1 is 1.00 bits per heavy atom. The van der Waals surface area contributed by atoms with E-state index in [4.69, 9.17) is 16.3 Å². The Bertz CT molecular complexity index is 1060. The van der Waals surface area contributed by atoms with Crippen LogP contribution in [0.3, 0.4) is 0 Å². The van der Waals surface area contributed by atoms with Gasteiger partial charge in [0.05, 0.1) is 14.7 Å². The molecule has 0 atom stereocenters. The number of benzene rings is 3. The van der Waals surface area contributed by atoms with Crippen LogP contribution < -0.4 is 10.2 Å². The molecule has 4 nitrogen and oxygen atoms in total. The van der Waals surface area contributed by atoms with Gasteiger partial charge in [-0.1, -0.05) is 35.9 Å². The number of nitrogens with zero attached hydrogens (tertiary/aromatic N) is 1. The number of ether oxygens (including phenoxy) is 1. The van der Waals surface area contributed by atoms with Crippen LogP contribution in [0, 0.1) is 6.92 Å². The van der Waals surface area contributed by atoms with E-state index in [2.05, 4.69) is 42.4 Å². The maximum absolute atomic E-state index is 12.4. The topological polar surface area (TPSA) is 50.7 Å². The molecule has 0 heterocycles. The molecule has 0 aromatic heterocycles. The summed E-state index contributed by atoms with van der Waals surface area (Å²) in [7, 11) is 0. The second-order valence-corrected chi connectivity index (χ2v) is 8.83.